The smallest absolute Gasteiger partial charge is 0.270 e. The molecule has 4 amide bonds. The summed E-state index contributed by atoms with van der Waals surface area (Å²) in [7, 11) is 0. The van der Waals surface area contributed by atoms with Crippen molar-refractivity contribution in [1.82, 2.24) is 31.2 Å². The van der Waals surface area contributed by atoms with Crippen LogP contribution < -0.4 is 21.3 Å². The third-order valence-electron chi connectivity index (χ3n) is 8.04. The zero-order valence-electron chi connectivity index (χ0n) is 32.7. The number of amides is 4. The van der Waals surface area contributed by atoms with Gasteiger partial charge in [0, 0.05) is 26.2 Å². The summed E-state index contributed by atoms with van der Waals surface area (Å²) < 4.78 is 0. The molecule has 2 aromatic carbocycles. The normalized spacial score (nSPS) is 9.76. The summed E-state index contributed by atoms with van der Waals surface area (Å²) in [4.78, 5) is 59.7. The zero-order valence-corrected chi connectivity index (χ0v) is 32.7. The highest BCUT2D eigenvalue weighted by Crippen LogP contribution is 2.05. The number of carbonyl (C=O) groups excluding carboxylic acids is 4. The van der Waals surface area contributed by atoms with Crippen molar-refractivity contribution < 1.29 is 19.2 Å². The van der Waals surface area contributed by atoms with Gasteiger partial charge in [0.05, 0.1) is 0 Å². The Morgan fingerprint density at radius 1 is 0.362 bits per heavy atom. The molecule has 0 unspecified atom stereocenters. The first-order valence-corrected chi connectivity index (χ1v) is 18.9. The molecule has 4 N–H and O–H groups in total. The van der Waals surface area contributed by atoms with E-state index in [4.69, 9.17) is 0 Å². The lowest BCUT2D eigenvalue weighted by molar-refractivity contribution is 0.0926. The number of hydrogen-bond donors (Lipinski definition) is 4. The van der Waals surface area contributed by atoms with Gasteiger partial charge in [-0.25, -0.2) is 9.97 Å². The number of hydrogen-bond acceptors (Lipinski definition) is 6. The van der Waals surface area contributed by atoms with Gasteiger partial charge in [0.15, 0.2) is 0 Å². The lowest BCUT2D eigenvalue weighted by atomic mass is 10.2. The lowest BCUT2D eigenvalue weighted by Crippen LogP contribution is -2.27. The molecule has 0 atom stereocenters. The topological polar surface area (TPSA) is 142 Å². The van der Waals surface area contributed by atoms with Crippen molar-refractivity contribution in [3.8, 4) is 0 Å². The molecule has 10 nitrogen and oxygen atoms in total. The maximum absolute atomic E-state index is 13.1. The molecule has 0 aliphatic heterocycles. The Bertz CT molecular complexity index is 2220. The molecule has 0 spiro atoms. The van der Waals surface area contributed by atoms with Crippen LogP contribution in [0.4, 0.5) is 0 Å². The van der Waals surface area contributed by atoms with E-state index in [9.17, 15) is 19.2 Å². The van der Waals surface area contributed by atoms with Crippen molar-refractivity contribution in [3.63, 3.8) is 0 Å². The van der Waals surface area contributed by atoms with Crippen LogP contribution in [0, 0.1) is 6.92 Å². The fourth-order valence-electron chi connectivity index (χ4n) is 5.02. The summed E-state index contributed by atoms with van der Waals surface area (Å²) in [5.41, 5.74) is 4.27. The molecular formula is C48H48N6O4. The van der Waals surface area contributed by atoms with Crippen molar-refractivity contribution >= 4 is 23.6 Å². The molecule has 294 valence electrons. The Morgan fingerprint density at radius 2 is 0.621 bits per heavy atom. The molecule has 0 aliphatic carbocycles. The van der Waals surface area contributed by atoms with Crippen LogP contribution in [-0.2, 0) is 19.6 Å². The van der Waals surface area contributed by atoms with E-state index in [-0.39, 0.29) is 48.3 Å². The molecule has 2 heterocycles. The van der Waals surface area contributed by atoms with Crippen molar-refractivity contribution in [2.24, 2.45) is 0 Å². The predicted molar refractivity (Wildman–Crippen MR) is 228 cm³/mol. The number of aryl methyl sites for hydroxylation is 1. The summed E-state index contributed by atoms with van der Waals surface area (Å²) in [5, 5.41) is 11.3. The van der Waals surface area contributed by atoms with Gasteiger partial charge in [0.1, 0.15) is 22.8 Å². The number of carbonyl (C=O) groups is 4. The molecule has 58 heavy (non-hydrogen) atoms. The third-order valence-corrected chi connectivity index (χ3v) is 8.04. The minimum Gasteiger partial charge on any atom is -0.351 e. The van der Waals surface area contributed by atoms with Gasteiger partial charge < -0.3 is 21.3 Å². The first-order valence-electron chi connectivity index (χ1n) is 18.9. The number of rotatable bonds is 11. The largest absolute Gasteiger partial charge is 0.351 e. The van der Waals surface area contributed by atoms with E-state index >= 15 is 0 Å². The Labute approximate surface area is 340 Å². The van der Waals surface area contributed by atoms with Gasteiger partial charge >= 0.3 is 0 Å². The van der Waals surface area contributed by atoms with E-state index in [0.29, 0.717) is 6.54 Å². The quantitative estimate of drug-likeness (QED) is 0.123. The molecule has 0 fully saturated rings. The Balaban J connectivity index is 1.37. The number of pyridine rings is 2. The summed E-state index contributed by atoms with van der Waals surface area (Å²) in [5.74, 6) is -1.54. The van der Waals surface area contributed by atoms with Gasteiger partial charge in [-0.15, -0.1) is 0 Å². The van der Waals surface area contributed by atoms with E-state index in [1.165, 1.54) is 0 Å². The van der Waals surface area contributed by atoms with E-state index in [0.717, 1.165) is 22.3 Å². The second-order valence-electron chi connectivity index (χ2n) is 12.6. The van der Waals surface area contributed by atoms with Crippen LogP contribution in [-0.4, -0.2) is 40.1 Å². The van der Waals surface area contributed by atoms with Crippen molar-refractivity contribution in [2.75, 3.05) is 6.54 Å². The van der Waals surface area contributed by atoms with Gasteiger partial charge in [-0.2, -0.15) is 0 Å². The fourth-order valence-corrected chi connectivity index (χ4v) is 5.02. The molecule has 0 aliphatic rings. The monoisotopic (exact) mass is 772 g/mol. The molecule has 0 saturated carbocycles. The summed E-state index contributed by atoms with van der Waals surface area (Å²) in [6, 6.07) is 55.2. The van der Waals surface area contributed by atoms with Crippen molar-refractivity contribution in [2.45, 2.75) is 33.5 Å². The average Bonchev–Trinajstić information content (AvgIpc) is 3.24. The second kappa shape index (κ2) is 24.8. The SMILES string of the molecule is CCNC(=O)c1cccc(C(=O)NCc2ccccccc(CNC(=O)c3cccc(C(=O)NCc4ccccccc(C)cccccc4)n3)cccccc2)n1. The number of aromatic nitrogens is 2. The van der Waals surface area contributed by atoms with Crippen LogP contribution in [0.1, 0.15) is 71.1 Å². The highest BCUT2D eigenvalue weighted by molar-refractivity contribution is 5.97. The van der Waals surface area contributed by atoms with Gasteiger partial charge in [0.2, 0.25) is 0 Å². The standard InChI is InChI=1S/C48H48N6O4/c1-3-49-45(55)41-30-20-31-42(53-41)46(56)50-35-39-26-16-8-10-18-28-40(29-19-11-9-17-27-39)36-52-48(58)44-33-21-32-43(54-44)47(57)51-34-38-24-14-6-4-12-22-37(2)23-13-5-7-15-25-38/h4-33H,3,34-36H2,1-2H3,(H,49,55)(H,50,56)(H,51,57)(H,52,58). The lowest BCUT2D eigenvalue weighted by Gasteiger charge is -2.07. The van der Waals surface area contributed by atoms with Crippen molar-refractivity contribution in [3.05, 3.63) is 227 Å². The maximum atomic E-state index is 13.1. The molecule has 0 saturated heterocycles. The summed E-state index contributed by atoms with van der Waals surface area (Å²) in [6.07, 6.45) is 0. The van der Waals surface area contributed by atoms with Crippen LogP contribution in [0.2, 0.25) is 0 Å². The Kier molecular flexibility index (Phi) is 18.5. The molecule has 4 aromatic rings. The van der Waals surface area contributed by atoms with Crippen LogP contribution in [0.15, 0.2) is 182 Å². The Morgan fingerprint density at radius 3 is 0.897 bits per heavy atom. The average molecular weight is 773 g/mol. The fraction of sp³-hybridized carbons (Fsp3) is 0.125. The second-order valence-corrected chi connectivity index (χ2v) is 12.6. The van der Waals surface area contributed by atoms with Crippen LogP contribution >= 0.6 is 0 Å². The third kappa shape index (κ3) is 16.1. The predicted octanol–water partition coefficient (Wildman–Crippen LogP) is 7.82. The maximum Gasteiger partial charge on any atom is 0.270 e. The van der Waals surface area contributed by atoms with Crippen molar-refractivity contribution in [1.29, 1.82) is 0 Å². The molecule has 0 bridgehead atoms. The van der Waals surface area contributed by atoms with Gasteiger partial charge in [0.25, 0.3) is 23.6 Å². The van der Waals surface area contributed by atoms with Gasteiger partial charge in [-0.1, -0.05) is 163 Å². The summed E-state index contributed by atoms with van der Waals surface area (Å²) >= 11 is 0. The van der Waals surface area contributed by atoms with Crippen LogP contribution in [0.25, 0.3) is 0 Å². The first-order chi connectivity index (χ1) is 28.3. The molecule has 2 aromatic heterocycles. The van der Waals surface area contributed by atoms with Gasteiger partial charge in [-0.05, 0) is 54.8 Å². The molecular weight excluding hydrogens is 725 g/mol. The molecule has 4 rings (SSSR count). The van der Waals surface area contributed by atoms with E-state index in [1.54, 1.807) is 36.4 Å². The van der Waals surface area contributed by atoms with Crippen LogP contribution in [0.3, 0.4) is 0 Å². The first kappa shape index (κ1) is 43.3. The van der Waals surface area contributed by atoms with Gasteiger partial charge in [-0.3, -0.25) is 19.2 Å². The highest BCUT2D eigenvalue weighted by atomic mass is 16.2. The molecule has 10 heteroatoms. The number of nitrogens with one attached hydrogen (secondary N) is 4. The molecule has 0 radical (unpaired) electrons. The Hall–Kier alpha value is -7.46. The van der Waals surface area contributed by atoms with Crippen LogP contribution in [0.5, 0.6) is 0 Å². The zero-order chi connectivity index (χ0) is 41.2. The highest BCUT2D eigenvalue weighted by Gasteiger charge is 2.13. The van der Waals surface area contributed by atoms with E-state index in [1.807, 2.05) is 159 Å². The minimum absolute atomic E-state index is 0.124. The van der Waals surface area contributed by atoms with E-state index in [2.05, 4.69) is 31.2 Å². The minimum atomic E-state index is -0.415. The summed E-state index contributed by atoms with van der Waals surface area (Å²) in [6.45, 7) is 5.04. The number of nitrogens with zero attached hydrogens (tertiary/aromatic N) is 2. The van der Waals surface area contributed by atoms with E-state index < -0.39 is 17.7 Å².